The molecule has 0 unspecified atom stereocenters. The predicted octanol–water partition coefficient (Wildman–Crippen LogP) is 1.63. The van der Waals surface area contributed by atoms with E-state index in [-0.39, 0.29) is 5.91 Å². The summed E-state index contributed by atoms with van der Waals surface area (Å²) in [6, 6.07) is 5.43. The number of anilines is 1. The number of benzene rings is 1. The highest BCUT2D eigenvalue weighted by Gasteiger charge is 2.17. The van der Waals surface area contributed by atoms with Gasteiger partial charge < -0.3 is 25.3 Å². The molecule has 0 saturated heterocycles. The maximum absolute atomic E-state index is 11.9. The van der Waals surface area contributed by atoms with Crippen LogP contribution in [-0.4, -0.2) is 43.6 Å². The molecule has 0 saturated carbocycles. The van der Waals surface area contributed by atoms with E-state index < -0.39 is 0 Å². The maximum Gasteiger partial charge on any atom is 0.225 e. The molecule has 1 amide bonds. The summed E-state index contributed by atoms with van der Waals surface area (Å²) in [4.78, 5) is 11.9. The van der Waals surface area contributed by atoms with Gasteiger partial charge in [0.15, 0.2) is 11.5 Å². The number of nitrogens with one attached hydrogen (secondary N) is 1. The van der Waals surface area contributed by atoms with Crippen LogP contribution in [-0.2, 0) is 11.3 Å². The van der Waals surface area contributed by atoms with Crippen molar-refractivity contribution in [2.24, 2.45) is 5.73 Å². The van der Waals surface area contributed by atoms with Crippen LogP contribution in [0.3, 0.4) is 0 Å². The molecular formula is C17H24N4O4. The fourth-order valence-corrected chi connectivity index (χ4v) is 2.48. The molecule has 0 bridgehead atoms. The second-order valence-electron chi connectivity index (χ2n) is 5.31. The molecule has 1 heterocycles. The van der Waals surface area contributed by atoms with Gasteiger partial charge in [-0.1, -0.05) is 0 Å². The van der Waals surface area contributed by atoms with Gasteiger partial charge in [0.05, 0.1) is 34.1 Å². The zero-order valence-electron chi connectivity index (χ0n) is 14.7. The molecule has 8 nitrogen and oxygen atoms in total. The third kappa shape index (κ3) is 4.42. The number of amides is 1. The normalized spacial score (nSPS) is 10.4. The Hall–Kier alpha value is -2.74. The molecule has 25 heavy (non-hydrogen) atoms. The second-order valence-corrected chi connectivity index (χ2v) is 5.31. The molecule has 0 radical (unpaired) electrons. The van der Waals surface area contributed by atoms with Crippen LogP contribution in [0.4, 0.5) is 5.82 Å². The second kappa shape index (κ2) is 8.93. The summed E-state index contributed by atoms with van der Waals surface area (Å²) in [5, 5.41) is 7.11. The number of rotatable bonds is 9. The first-order valence-corrected chi connectivity index (χ1v) is 7.94. The summed E-state index contributed by atoms with van der Waals surface area (Å²) in [5.74, 6) is 2.19. The van der Waals surface area contributed by atoms with E-state index in [4.69, 9.17) is 19.9 Å². The lowest BCUT2D eigenvalue weighted by atomic mass is 10.1. The minimum atomic E-state index is -0.0912. The van der Waals surface area contributed by atoms with E-state index in [0.717, 1.165) is 5.56 Å². The number of nitrogens with zero attached hydrogens (tertiary/aromatic N) is 2. The van der Waals surface area contributed by atoms with E-state index in [1.54, 1.807) is 44.3 Å². The highest BCUT2D eigenvalue weighted by atomic mass is 16.5. The van der Waals surface area contributed by atoms with Gasteiger partial charge >= 0.3 is 0 Å². The molecule has 8 heteroatoms. The Bertz CT molecular complexity index is 715. The highest BCUT2D eigenvalue weighted by Crippen LogP contribution is 2.40. The van der Waals surface area contributed by atoms with Crippen molar-refractivity contribution >= 4 is 11.7 Å². The van der Waals surface area contributed by atoms with Crippen molar-refractivity contribution in [3.63, 3.8) is 0 Å². The van der Waals surface area contributed by atoms with Crippen molar-refractivity contribution in [1.82, 2.24) is 9.78 Å². The summed E-state index contributed by atoms with van der Waals surface area (Å²) < 4.78 is 17.9. The first-order valence-electron chi connectivity index (χ1n) is 7.94. The standard InChI is InChI=1S/C17H24N4O4/c1-23-13-7-6-12(16(24-2)17(13)25-3)11-21-14(8-10-19-21)20-15(22)5-4-9-18/h6-8,10H,4-5,9,11,18H2,1-3H3,(H,20,22). The van der Waals surface area contributed by atoms with Gasteiger partial charge in [-0.2, -0.15) is 5.10 Å². The fraction of sp³-hybridized carbons (Fsp3) is 0.412. The lowest BCUT2D eigenvalue weighted by molar-refractivity contribution is -0.116. The highest BCUT2D eigenvalue weighted by molar-refractivity contribution is 5.89. The van der Waals surface area contributed by atoms with Crippen molar-refractivity contribution in [2.45, 2.75) is 19.4 Å². The van der Waals surface area contributed by atoms with E-state index in [1.807, 2.05) is 6.07 Å². The Labute approximate surface area is 146 Å². The molecule has 0 spiro atoms. The van der Waals surface area contributed by atoms with Gasteiger partial charge in [-0.3, -0.25) is 4.79 Å². The Morgan fingerprint density at radius 2 is 1.92 bits per heavy atom. The molecule has 1 aromatic heterocycles. The number of carbonyl (C=O) groups is 1. The van der Waals surface area contributed by atoms with Gasteiger partial charge in [0, 0.05) is 18.1 Å². The lowest BCUT2D eigenvalue weighted by Gasteiger charge is -2.16. The molecular weight excluding hydrogens is 324 g/mol. The molecule has 0 aliphatic rings. The number of aromatic nitrogens is 2. The molecule has 3 N–H and O–H groups in total. The molecule has 136 valence electrons. The average molecular weight is 348 g/mol. The van der Waals surface area contributed by atoms with Crippen LogP contribution in [0.25, 0.3) is 0 Å². The summed E-state index contributed by atoms with van der Waals surface area (Å²) >= 11 is 0. The van der Waals surface area contributed by atoms with Crippen LogP contribution >= 0.6 is 0 Å². The third-order valence-corrected chi connectivity index (χ3v) is 3.70. The smallest absolute Gasteiger partial charge is 0.225 e. The van der Waals surface area contributed by atoms with Crippen LogP contribution < -0.4 is 25.3 Å². The Balaban J connectivity index is 2.23. The van der Waals surface area contributed by atoms with Crippen LogP contribution in [0.1, 0.15) is 18.4 Å². The molecule has 2 aromatic rings. The van der Waals surface area contributed by atoms with Crippen molar-refractivity contribution in [2.75, 3.05) is 33.2 Å². The zero-order valence-corrected chi connectivity index (χ0v) is 14.7. The van der Waals surface area contributed by atoms with E-state index in [9.17, 15) is 4.79 Å². The summed E-state index contributed by atoms with van der Waals surface area (Å²) in [7, 11) is 4.69. The Morgan fingerprint density at radius 1 is 1.16 bits per heavy atom. The fourth-order valence-electron chi connectivity index (χ4n) is 2.48. The Kier molecular flexibility index (Phi) is 6.64. The molecule has 0 fully saturated rings. The average Bonchev–Trinajstić information content (AvgIpc) is 3.05. The van der Waals surface area contributed by atoms with Crippen molar-refractivity contribution in [3.05, 3.63) is 30.0 Å². The van der Waals surface area contributed by atoms with Crippen LogP contribution in [0.15, 0.2) is 24.4 Å². The minimum absolute atomic E-state index is 0.0912. The number of hydrogen-bond acceptors (Lipinski definition) is 6. The van der Waals surface area contributed by atoms with Gasteiger partial charge in [-0.25, -0.2) is 4.68 Å². The quantitative estimate of drug-likeness (QED) is 0.714. The SMILES string of the molecule is COc1ccc(Cn2nccc2NC(=O)CCCN)c(OC)c1OC. The van der Waals surface area contributed by atoms with Gasteiger partial charge in [0.2, 0.25) is 11.7 Å². The van der Waals surface area contributed by atoms with Crippen LogP contribution in [0, 0.1) is 0 Å². The molecule has 0 atom stereocenters. The van der Waals surface area contributed by atoms with E-state index in [1.165, 1.54) is 0 Å². The lowest BCUT2D eigenvalue weighted by Crippen LogP contribution is -2.17. The number of carbonyl (C=O) groups excluding carboxylic acids is 1. The maximum atomic E-state index is 11.9. The molecule has 1 aromatic carbocycles. The van der Waals surface area contributed by atoms with Crippen molar-refractivity contribution in [3.8, 4) is 17.2 Å². The monoisotopic (exact) mass is 348 g/mol. The van der Waals surface area contributed by atoms with Crippen molar-refractivity contribution in [1.29, 1.82) is 0 Å². The van der Waals surface area contributed by atoms with Gasteiger partial charge in [-0.05, 0) is 25.1 Å². The number of ether oxygens (including phenoxy) is 3. The molecule has 0 aliphatic carbocycles. The van der Waals surface area contributed by atoms with Crippen LogP contribution in [0.5, 0.6) is 17.2 Å². The zero-order chi connectivity index (χ0) is 18.2. The van der Waals surface area contributed by atoms with Gasteiger partial charge in [0.1, 0.15) is 5.82 Å². The van der Waals surface area contributed by atoms with E-state index in [2.05, 4.69) is 10.4 Å². The van der Waals surface area contributed by atoms with E-state index in [0.29, 0.717) is 49.0 Å². The Morgan fingerprint density at radius 3 is 2.56 bits per heavy atom. The summed E-state index contributed by atoms with van der Waals surface area (Å²) in [6.07, 6.45) is 2.65. The molecule has 0 aliphatic heterocycles. The number of nitrogens with two attached hydrogens (primary N) is 1. The largest absolute Gasteiger partial charge is 0.493 e. The summed E-state index contributed by atoms with van der Waals surface area (Å²) in [6.45, 7) is 0.887. The third-order valence-electron chi connectivity index (χ3n) is 3.70. The predicted molar refractivity (Wildman–Crippen MR) is 94.3 cm³/mol. The molecule has 2 rings (SSSR count). The summed E-state index contributed by atoms with van der Waals surface area (Å²) in [5.41, 5.74) is 6.28. The van der Waals surface area contributed by atoms with Crippen molar-refractivity contribution < 1.29 is 19.0 Å². The minimum Gasteiger partial charge on any atom is -0.493 e. The van der Waals surface area contributed by atoms with Crippen LogP contribution in [0.2, 0.25) is 0 Å². The van der Waals surface area contributed by atoms with E-state index >= 15 is 0 Å². The first kappa shape index (κ1) is 18.6. The number of hydrogen-bond donors (Lipinski definition) is 2. The number of methoxy groups -OCH3 is 3. The van der Waals surface area contributed by atoms with Gasteiger partial charge in [0.25, 0.3) is 0 Å². The topological polar surface area (TPSA) is 101 Å². The first-order chi connectivity index (χ1) is 12.1. The van der Waals surface area contributed by atoms with Gasteiger partial charge in [-0.15, -0.1) is 0 Å².